The van der Waals surface area contributed by atoms with Gasteiger partial charge in [-0.15, -0.1) is 0 Å². The van der Waals surface area contributed by atoms with Crippen LogP contribution in [0, 0.1) is 0 Å². The number of carbonyl (C=O) groups is 8. The molecule has 2 aliphatic rings. The SMILES string of the molecule is O=C(CCC(=O)N1C(=O)CC(S(=O)(=O)O)C1=O)OCCOC(=O)CCC(=O)N1C(=O)CC(S(=O)(=O)O)C1=O. The molecule has 2 atom stereocenters. The predicted octanol–water partition coefficient (Wildman–Crippen LogP) is -3.28. The van der Waals surface area contributed by atoms with Gasteiger partial charge in [-0.2, -0.15) is 16.8 Å². The lowest BCUT2D eigenvalue weighted by Crippen LogP contribution is -2.39. The molecular formula is C18H20N2O16S2. The lowest BCUT2D eigenvalue weighted by Gasteiger charge is -2.12. The summed E-state index contributed by atoms with van der Waals surface area (Å²) in [5.74, 6) is -9.66. The molecule has 0 spiro atoms. The highest BCUT2D eigenvalue weighted by Crippen LogP contribution is 2.21. The molecule has 0 aliphatic carbocycles. The van der Waals surface area contributed by atoms with Gasteiger partial charge in [0.2, 0.25) is 23.6 Å². The van der Waals surface area contributed by atoms with Gasteiger partial charge >= 0.3 is 11.9 Å². The minimum atomic E-state index is -4.91. The molecular weight excluding hydrogens is 564 g/mol. The number of ether oxygens (including phenoxy) is 2. The first-order valence-corrected chi connectivity index (χ1v) is 13.5. The lowest BCUT2D eigenvalue weighted by atomic mass is 10.3. The molecule has 2 heterocycles. The Bertz CT molecular complexity index is 1200. The van der Waals surface area contributed by atoms with Gasteiger partial charge in [-0.05, 0) is 0 Å². The topological polar surface area (TPSA) is 270 Å². The van der Waals surface area contributed by atoms with Crippen LogP contribution in [0.2, 0.25) is 0 Å². The van der Waals surface area contributed by atoms with Crippen molar-refractivity contribution in [3.63, 3.8) is 0 Å². The third-order valence-corrected chi connectivity index (χ3v) is 7.30. The highest BCUT2D eigenvalue weighted by atomic mass is 32.2. The number of imide groups is 6. The summed E-state index contributed by atoms with van der Waals surface area (Å²) in [6, 6.07) is 0. The average molecular weight is 584 g/mol. The van der Waals surface area contributed by atoms with E-state index < -0.39 is 130 Å². The van der Waals surface area contributed by atoms with E-state index in [-0.39, 0.29) is 9.80 Å². The maximum atomic E-state index is 12.0. The minimum Gasteiger partial charge on any atom is -0.462 e. The summed E-state index contributed by atoms with van der Waals surface area (Å²) in [4.78, 5) is 94.6. The van der Waals surface area contributed by atoms with Gasteiger partial charge in [0.1, 0.15) is 13.2 Å². The van der Waals surface area contributed by atoms with Crippen molar-refractivity contribution in [3.05, 3.63) is 0 Å². The molecule has 2 N–H and O–H groups in total. The molecule has 38 heavy (non-hydrogen) atoms. The third kappa shape index (κ3) is 7.46. The van der Waals surface area contributed by atoms with E-state index in [9.17, 15) is 55.2 Å². The van der Waals surface area contributed by atoms with Crippen molar-refractivity contribution in [3.8, 4) is 0 Å². The molecule has 0 saturated carbocycles. The van der Waals surface area contributed by atoms with Crippen molar-refractivity contribution in [1.29, 1.82) is 0 Å². The quantitative estimate of drug-likeness (QED) is 0.104. The molecule has 210 valence electrons. The van der Waals surface area contributed by atoms with Crippen molar-refractivity contribution in [1.82, 2.24) is 9.80 Å². The van der Waals surface area contributed by atoms with Crippen molar-refractivity contribution in [2.24, 2.45) is 0 Å². The summed E-state index contributed by atoms with van der Waals surface area (Å²) in [6.07, 6.45) is -4.58. The Balaban J connectivity index is 1.68. The summed E-state index contributed by atoms with van der Waals surface area (Å²) in [6.45, 7) is -1.03. The van der Waals surface area contributed by atoms with E-state index in [1.54, 1.807) is 0 Å². The molecule has 6 amide bonds. The second-order valence-electron chi connectivity index (χ2n) is 7.78. The number of esters is 2. The zero-order valence-electron chi connectivity index (χ0n) is 19.1. The zero-order valence-corrected chi connectivity index (χ0v) is 20.8. The number of carbonyl (C=O) groups excluding carboxylic acids is 8. The molecule has 2 fully saturated rings. The van der Waals surface area contributed by atoms with Crippen LogP contribution in [0.15, 0.2) is 0 Å². The standard InChI is InChI=1S/C18H20N2O16S2/c21-11(19-13(23)7-9(17(19)27)37(29,30)31)1-3-15(25)35-5-6-36-16(26)4-2-12(22)20-14(24)8-10(18(20)28)38(32,33)34/h9-10H,1-8H2,(H,29,30,31)(H,32,33,34). The van der Waals surface area contributed by atoms with Gasteiger partial charge in [0.05, 0.1) is 25.7 Å². The molecule has 0 aromatic carbocycles. The van der Waals surface area contributed by atoms with E-state index in [4.69, 9.17) is 9.11 Å². The highest BCUT2D eigenvalue weighted by molar-refractivity contribution is 7.87. The molecule has 0 aromatic heterocycles. The fourth-order valence-corrected chi connectivity index (χ4v) is 4.72. The Labute approximate surface area is 213 Å². The predicted molar refractivity (Wildman–Crippen MR) is 114 cm³/mol. The summed E-state index contributed by atoms with van der Waals surface area (Å²) < 4.78 is 71.5. The minimum absolute atomic E-state index is 0.0148. The summed E-state index contributed by atoms with van der Waals surface area (Å²) in [7, 11) is -9.82. The molecule has 2 aliphatic heterocycles. The molecule has 20 heteroatoms. The maximum absolute atomic E-state index is 12.0. The van der Waals surface area contributed by atoms with Crippen molar-refractivity contribution >= 4 is 67.6 Å². The van der Waals surface area contributed by atoms with Crippen LogP contribution in [0.25, 0.3) is 0 Å². The van der Waals surface area contributed by atoms with Crippen molar-refractivity contribution < 1.29 is 73.8 Å². The van der Waals surface area contributed by atoms with Gasteiger partial charge < -0.3 is 9.47 Å². The van der Waals surface area contributed by atoms with Gasteiger partial charge in [-0.25, -0.2) is 9.80 Å². The summed E-state index contributed by atoms with van der Waals surface area (Å²) >= 11 is 0. The molecule has 0 aromatic rings. The first-order chi connectivity index (χ1) is 17.4. The van der Waals surface area contributed by atoms with Gasteiger partial charge in [0, 0.05) is 12.8 Å². The summed E-state index contributed by atoms with van der Waals surface area (Å²) in [5.41, 5.74) is 0. The van der Waals surface area contributed by atoms with Crippen LogP contribution in [0.1, 0.15) is 38.5 Å². The first-order valence-electron chi connectivity index (χ1n) is 10.5. The van der Waals surface area contributed by atoms with Crippen LogP contribution in [-0.4, -0.2) is 107 Å². The Kier molecular flexibility index (Phi) is 9.53. The molecule has 0 bridgehead atoms. The van der Waals surface area contributed by atoms with Crippen LogP contribution in [0.4, 0.5) is 0 Å². The highest BCUT2D eigenvalue weighted by Gasteiger charge is 2.49. The Hall–Kier alpha value is -3.62. The Morgan fingerprint density at radius 3 is 1.24 bits per heavy atom. The number of hydrogen-bond donors (Lipinski definition) is 2. The van der Waals surface area contributed by atoms with E-state index >= 15 is 0 Å². The van der Waals surface area contributed by atoms with Crippen LogP contribution in [0.5, 0.6) is 0 Å². The largest absolute Gasteiger partial charge is 0.462 e. The van der Waals surface area contributed by atoms with Gasteiger partial charge in [-0.3, -0.25) is 47.5 Å². The Morgan fingerprint density at radius 1 is 0.658 bits per heavy atom. The molecule has 2 rings (SSSR count). The lowest BCUT2D eigenvalue weighted by molar-refractivity contribution is -0.156. The van der Waals surface area contributed by atoms with E-state index in [0.717, 1.165) is 0 Å². The van der Waals surface area contributed by atoms with E-state index in [1.165, 1.54) is 0 Å². The second kappa shape index (κ2) is 11.8. The van der Waals surface area contributed by atoms with E-state index in [0.29, 0.717) is 0 Å². The zero-order chi connectivity index (χ0) is 29.0. The van der Waals surface area contributed by atoms with Crippen LogP contribution < -0.4 is 0 Å². The number of nitrogens with zero attached hydrogens (tertiary/aromatic N) is 2. The summed E-state index contributed by atoms with van der Waals surface area (Å²) in [5, 5.41) is -4.22. The van der Waals surface area contributed by atoms with Gasteiger partial charge in [-0.1, -0.05) is 0 Å². The van der Waals surface area contributed by atoms with E-state index in [1.807, 2.05) is 0 Å². The number of amides is 6. The number of rotatable bonds is 11. The van der Waals surface area contributed by atoms with Gasteiger partial charge in [0.15, 0.2) is 10.5 Å². The van der Waals surface area contributed by atoms with E-state index in [2.05, 4.69) is 9.47 Å². The number of hydrogen-bond acceptors (Lipinski definition) is 14. The molecule has 2 unspecified atom stereocenters. The van der Waals surface area contributed by atoms with Crippen LogP contribution >= 0.6 is 0 Å². The first kappa shape index (κ1) is 30.6. The Morgan fingerprint density at radius 2 is 0.974 bits per heavy atom. The molecule has 2 saturated heterocycles. The molecule has 18 nitrogen and oxygen atoms in total. The molecule has 0 radical (unpaired) electrons. The third-order valence-electron chi connectivity index (χ3n) is 5.12. The fraction of sp³-hybridized carbons (Fsp3) is 0.556. The monoisotopic (exact) mass is 584 g/mol. The average Bonchev–Trinajstić information content (AvgIpc) is 3.27. The van der Waals surface area contributed by atoms with Crippen LogP contribution in [0.3, 0.4) is 0 Å². The second-order valence-corrected chi connectivity index (χ2v) is 11.0. The normalized spacial score (nSPS) is 20.2. The van der Waals surface area contributed by atoms with Crippen molar-refractivity contribution in [2.75, 3.05) is 13.2 Å². The van der Waals surface area contributed by atoms with Gasteiger partial charge in [0.25, 0.3) is 32.1 Å². The maximum Gasteiger partial charge on any atom is 0.306 e. The van der Waals surface area contributed by atoms with Crippen LogP contribution in [-0.2, 0) is 68.1 Å². The fourth-order valence-electron chi connectivity index (χ4n) is 3.29. The smallest absolute Gasteiger partial charge is 0.306 e. The van der Waals surface area contributed by atoms with Crippen molar-refractivity contribution in [2.45, 2.75) is 49.0 Å². The number of likely N-dealkylation sites (tertiary alicyclic amines) is 2.